The van der Waals surface area contributed by atoms with Crippen LogP contribution in [0.3, 0.4) is 0 Å². The standard InChI is InChI=1S/C13H13ClN4S/c1-9-5-11(14)12(16-6-9)18-13(19)17-8-10-3-2-4-15-7-10/h2-7H,8H2,1H3,(H2,16,17,18,19). The quantitative estimate of drug-likeness (QED) is 0.852. The van der Waals surface area contributed by atoms with Gasteiger partial charge >= 0.3 is 0 Å². The number of nitrogens with one attached hydrogen (secondary N) is 2. The Kier molecular flexibility index (Phi) is 4.65. The van der Waals surface area contributed by atoms with Gasteiger partial charge in [0.05, 0.1) is 5.02 Å². The Morgan fingerprint density at radius 3 is 2.95 bits per heavy atom. The highest BCUT2D eigenvalue weighted by Gasteiger charge is 2.04. The van der Waals surface area contributed by atoms with E-state index in [-0.39, 0.29) is 0 Å². The van der Waals surface area contributed by atoms with E-state index >= 15 is 0 Å². The molecule has 0 spiro atoms. The monoisotopic (exact) mass is 292 g/mol. The van der Waals surface area contributed by atoms with Crippen molar-refractivity contribution >= 4 is 34.7 Å². The van der Waals surface area contributed by atoms with Crippen LogP contribution in [0, 0.1) is 6.92 Å². The molecule has 0 bridgehead atoms. The molecule has 6 heteroatoms. The van der Waals surface area contributed by atoms with E-state index in [1.54, 1.807) is 18.6 Å². The van der Waals surface area contributed by atoms with Gasteiger partial charge < -0.3 is 10.6 Å². The van der Waals surface area contributed by atoms with Crippen molar-refractivity contribution < 1.29 is 0 Å². The van der Waals surface area contributed by atoms with E-state index in [0.717, 1.165) is 11.1 Å². The molecule has 0 saturated carbocycles. The van der Waals surface area contributed by atoms with Crippen LogP contribution in [0.25, 0.3) is 0 Å². The van der Waals surface area contributed by atoms with Crippen LogP contribution < -0.4 is 10.6 Å². The van der Waals surface area contributed by atoms with Gasteiger partial charge in [-0.15, -0.1) is 0 Å². The van der Waals surface area contributed by atoms with Gasteiger partial charge in [0, 0.05) is 25.1 Å². The van der Waals surface area contributed by atoms with Crippen molar-refractivity contribution in [1.29, 1.82) is 0 Å². The van der Waals surface area contributed by atoms with E-state index in [1.165, 1.54) is 0 Å². The summed E-state index contributed by atoms with van der Waals surface area (Å²) < 4.78 is 0. The van der Waals surface area contributed by atoms with E-state index in [2.05, 4.69) is 20.6 Å². The summed E-state index contributed by atoms with van der Waals surface area (Å²) in [6.45, 7) is 2.53. The number of nitrogens with zero attached hydrogens (tertiary/aromatic N) is 2. The fourth-order valence-corrected chi connectivity index (χ4v) is 1.90. The van der Waals surface area contributed by atoms with Crippen LogP contribution in [-0.4, -0.2) is 15.1 Å². The van der Waals surface area contributed by atoms with Crippen molar-refractivity contribution in [3.63, 3.8) is 0 Å². The predicted octanol–water partition coefficient (Wildman–Crippen LogP) is 2.93. The van der Waals surface area contributed by atoms with Crippen LogP contribution in [-0.2, 0) is 6.54 Å². The molecule has 0 amide bonds. The first kappa shape index (κ1) is 13.7. The van der Waals surface area contributed by atoms with Crippen molar-refractivity contribution in [2.24, 2.45) is 0 Å². The van der Waals surface area contributed by atoms with Crippen molar-refractivity contribution in [1.82, 2.24) is 15.3 Å². The number of pyridine rings is 2. The summed E-state index contributed by atoms with van der Waals surface area (Å²) in [4.78, 5) is 8.22. The van der Waals surface area contributed by atoms with Crippen LogP contribution in [0.5, 0.6) is 0 Å². The van der Waals surface area contributed by atoms with Gasteiger partial charge in [0.15, 0.2) is 10.9 Å². The molecule has 0 unspecified atom stereocenters. The normalized spacial score (nSPS) is 10.0. The highest BCUT2D eigenvalue weighted by molar-refractivity contribution is 7.80. The third-order valence-corrected chi connectivity index (χ3v) is 2.92. The van der Waals surface area contributed by atoms with Gasteiger partial charge in [-0.25, -0.2) is 4.98 Å². The van der Waals surface area contributed by atoms with Crippen molar-refractivity contribution in [2.75, 3.05) is 5.32 Å². The third kappa shape index (κ3) is 4.15. The molecular formula is C13H13ClN4S. The number of halogens is 1. The van der Waals surface area contributed by atoms with Crippen LogP contribution in [0.4, 0.5) is 5.82 Å². The molecule has 19 heavy (non-hydrogen) atoms. The molecule has 0 saturated heterocycles. The smallest absolute Gasteiger partial charge is 0.172 e. The van der Waals surface area contributed by atoms with Crippen molar-refractivity contribution in [3.05, 3.63) is 52.9 Å². The summed E-state index contributed by atoms with van der Waals surface area (Å²) in [6, 6.07) is 5.69. The Bertz CT molecular complexity index is 574. The Balaban J connectivity index is 1.91. The number of thiocarbonyl (C=S) groups is 1. The zero-order chi connectivity index (χ0) is 13.7. The number of aromatic nitrogens is 2. The highest BCUT2D eigenvalue weighted by atomic mass is 35.5. The molecule has 0 aliphatic heterocycles. The average molecular weight is 293 g/mol. The Hall–Kier alpha value is -1.72. The van der Waals surface area contributed by atoms with E-state index in [0.29, 0.717) is 22.5 Å². The lowest BCUT2D eigenvalue weighted by Crippen LogP contribution is -2.28. The maximum absolute atomic E-state index is 6.07. The predicted molar refractivity (Wildman–Crippen MR) is 81.3 cm³/mol. The molecule has 0 aliphatic rings. The van der Waals surface area contributed by atoms with E-state index in [9.17, 15) is 0 Å². The second kappa shape index (κ2) is 6.45. The van der Waals surface area contributed by atoms with Crippen LogP contribution in [0.15, 0.2) is 36.8 Å². The van der Waals surface area contributed by atoms with E-state index in [4.69, 9.17) is 23.8 Å². The number of hydrogen-bond acceptors (Lipinski definition) is 3. The zero-order valence-electron chi connectivity index (χ0n) is 10.4. The molecule has 0 aromatic carbocycles. The van der Waals surface area contributed by atoms with Gasteiger partial charge in [-0.3, -0.25) is 4.98 Å². The fraction of sp³-hybridized carbons (Fsp3) is 0.154. The van der Waals surface area contributed by atoms with Crippen LogP contribution in [0.1, 0.15) is 11.1 Å². The minimum absolute atomic E-state index is 0.474. The SMILES string of the molecule is Cc1cnc(NC(=S)NCc2cccnc2)c(Cl)c1. The Morgan fingerprint density at radius 2 is 2.26 bits per heavy atom. The summed E-state index contributed by atoms with van der Waals surface area (Å²) in [6.07, 6.45) is 5.25. The van der Waals surface area contributed by atoms with Gasteiger partial charge in [0.1, 0.15) is 0 Å². The highest BCUT2D eigenvalue weighted by Crippen LogP contribution is 2.19. The molecule has 2 N–H and O–H groups in total. The van der Waals surface area contributed by atoms with E-state index in [1.807, 2.05) is 25.1 Å². The number of anilines is 1. The Morgan fingerprint density at radius 1 is 1.42 bits per heavy atom. The molecule has 4 nitrogen and oxygen atoms in total. The second-order valence-corrected chi connectivity index (χ2v) is 4.83. The van der Waals surface area contributed by atoms with Gasteiger partial charge in [0.2, 0.25) is 0 Å². The lowest BCUT2D eigenvalue weighted by atomic mass is 10.3. The average Bonchev–Trinajstić information content (AvgIpc) is 2.41. The summed E-state index contributed by atoms with van der Waals surface area (Å²) in [7, 11) is 0. The zero-order valence-corrected chi connectivity index (χ0v) is 11.9. The maximum atomic E-state index is 6.07. The second-order valence-electron chi connectivity index (χ2n) is 4.01. The maximum Gasteiger partial charge on any atom is 0.172 e. The third-order valence-electron chi connectivity index (χ3n) is 2.39. The van der Waals surface area contributed by atoms with Gasteiger partial charge in [0.25, 0.3) is 0 Å². The van der Waals surface area contributed by atoms with Crippen molar-refractivity contribution in [3.8, 4) is 0 Å². The molecule has 98 valence electrons. The first-order valence-corrected chi connectivity index (χ1v) is 6.49. The number of hydrogen-bond donors (Lipinski definition) is 2. The summed E-state index contributed by atoms with van der Waals surface area (Å²) >= 11 is 11.3. The number of aryl methyl sites for hydroxylation is 1. The molecule has 0 fully saturated rings. The largest absolute Gasteiger partial charge is 0.358 e. The minimum Gasteiger partial charge on any atom is -0.358 e. The Labute approximate surface area is 122 Å². The first-order chi connectivity index (χ1) is 9.15. The van der Waals surface area contributed by atoms with Gasteiger partial charge in [-0.1, -0.05) is 17.7 Å². The molecular weight excluding hydrogens is 280 g/mol. The summed E-state index contributed by atoms with van der Waals surface area (Å²) in [5.74, 6) is 0.552. The van der Waals surface area contributed by atoms with Gasteiger partial charge in [-0.2, -0.15) is 0 Å². The van der Waals surface area contributed by atoms with Gasteiger partial charge in [-0.05, 0) is 42.4 Å². The molecule has 0 radical (unpaired) electrons. The molecule has 2 rings (SSSR count). The summed E-state index contributed by atoms with van der Waals surface area (Å²) in [5, 5.41) is 7.06. The van der Waals surface area contributed by atoms with Crippen molar-refractivity contribution in [2.45, 2.75) is 13.5 Å². The molecule has 2 aromatic rings. The summed E-state index contributed by atoms with van der Waals surface area (Å²) in [5.41, 5.74) is 2.05. The number of rotatable bonds is 3. The lowest BCUT2D eigenvalue weighted by Gasteiger charge is -2.11. The molecule has 2 heterocycles. The minimum atomic E-state index is 0.474. The molecule has 0 atom stereocenters. The van der Waals surface area contributed by atoms with Crippen LogP contribution >= 0.6 is 23.8 Å². The van der Waals surface area contributed by atoms with E-state index < -0.39 is 0 Å². The lowest BCUT2D eigenvalue weighted by molar-refractivity contribution is 0.916. The fourth-order valence-electron chi connectivity index (χ4n) is 1.46. The molecule has 0 aliphatic carbocycles. The topological polar surface area (TPSA) is 49.8 Å². The van der Waals surface area contributed by atoms with Crippen LogP contribution in [0.2, 0.25) is 5.02 Å². The molecule has 2 aromatic heterocycles. The first-order valence-electron chi connectivity index (χ1n) is 5.71.